The molecule has 3 nitrogen and oxygen atoms in total. The second kappa shape index (κ2) is 6.22. The van der Waals surface area contributed by atoms with Crippen molar-refractivity contribution in [3.63, 3.8) is 0 Å². The molecule has 0 aliphatic carbocycles. The highest BCUT2D eigenvalue weighted by Crippen LogP contribution is 2.40. The molecule has 23 heavy (non-hydrogen) atoms. The van der Waals surface area contributed by atoms with Gasteiger partial charge in [-0.25, -0.2) is 4.79 Å². The number of benzene rings is 2. The highest BCUT2D eigenvalue weighted by molar-refractivity contribution is 6.31. The summed E-state index contributed by atoms with van der Waals surface area (Å²) in [4.78, 5) is 11.9. The molecule has 0 saturated heterocycles. The van der Waals surface area contributed by atoms with Gasteiger partial charge in [-0.2, -0.15) is 13.2 Å². The fourth-order valence-corrected chi connectivity index (χ4v) is 2.60. The van der Waals surface area contributed by atoms with Crippen LogP contribution >= 0.6 is 11.6 Å². The van der Waals surface area contributed by atoms with Crippen molar-refractivity contribution in [3.8, 4) is 0 Å². The van der Waals surface area contributed by atoms with E-state index in [1.54, 1.807) is 18.2 Å². The van der Waals surface area contributed by atoms with E-state index in [2.05, 4.69) is 0 Å². The van der Waals surface area contributed by atoms with Crippen molar-refractivity contribution in [3.05, 3.63) is 70.2 Å². The molecule has 0 radical (unpaired) electrons. The number of rotatable bonds is 4. The number of hydrogen-bond acceptors (Lipinski definition) is 2. The second-order valence-corrected chi connectivity index (χ2v) is 5.16. The van der Waals surface area contributed by atoms with E-state index in [0.717, 1.165) is 19.2 Å². The number of carbonyl (C=O) groups is 1. The summed E-state index contributed by atoms with van der Waals surface area (Å²) in [6.45, 7) is 0. The quantitative estimate of drug-likeness (QED) is 0.897. The first-order valence-electron chi connectivity index (χ1n) is 6.44. The first kappa shape index (κ1) is 17.3. The standard InChI is InChI=1S/C16H12ClF3O3/c1-23-15(14(21)22,10-5-3-2-4-6-10)12-9-11(16(18,19)20)7-8-13(12)17/h2-9H,1H3,(H,21,22). The molecule has 2 rings (SSSR count). The van der Waals surface area contributed by atoms with Crippen LogP contribution in [0.25, 0.3) is 0 Å². The summed E-state index contributed by atoms with van der Waals surface area (Å²) >= 11 is 5.99. The predicted octanol–water partition coefficient (Wildman–Crippen LogP) is 4.33. The van der Waals surface area contributed by atoms with Gasteiger partial charge in [0.1, 0.15) is 0 Å². The van der Waals surface area contributed by atoms with Gasteiger partial charge in [0.2, 0.25) is 5.60 Å². The summed E-state index contributed by atoms with van der Waals surface area (Å²) in [6.07, 6.45) is -4.63. The van der Waals surface area contributed by atoms with Crippen molar-refractivity contribution in [1.82, 2.24) is 0 Å². The van der Waals surface area contributed by atoms with E-state index in [0.29, 0.717) is 6.07 Å². The third kappa shape index (κ3) is 3.04. The van der Waals surface area contributed by atoms with Crippen LogP contribution in [0, 0.1) is 0 Å². The highest BCUT2D eigenvalue weighted by atomic mass is 35.5. The average molecular weight is 345 g/mol. The number of methoxy groups -OCH3 is 1. The molecule has 0 aliphatic rings. The van der Waals surface area contributed by atoms with Crippen molar-refractivity contribution < 1.29 is 27.8 Å². The van der Waals surface area contributed by atoms with E-state index in [9.17, 15) is 23.1 Å². The molecule has 0 fully saturated rings. The molecular weight excluding hydrogens is 333 g/mol. The van der Waals surface area contributed by atoms with Gasteiger partial charge in [-0.1, -0.05) is 41.9 Å². The summed E-state index contributed by atoms with van der Waals surface area (Å²) in [5.74, 6) is -1.47. The maximum atomic E-state index is 13.0. The predicted molar refractivity (Wildman–Crippen MR) is 78.3 cm³/mol. The Balaban J connectivity index is 2.78. The molecule has 2 aromatic rings. The molecule has 0 bridgehead atoms. The number of carboxylic acids is 1. The van der Waals surface area contributed by atoms with Gasteiger partial charge in [0.25, 0.3) is 0 Å². The maximum absolute atomic E-state index is 13.0. The van der Waals surface area contributed by atoms with Gasteiger partial charge >= 0.3 is 12.1 Å². The lowest BCUT2D eigenvalue weighted by atomic mass is 9.85. The van der Waals surface area contributed by atoms with Gasteiger partial charge in [0, 0.05) is 17.7 Å². The van der Waals surface area contributed by atoms with Crippen LogP contribution < -0.4 is 0 Å². The summed E-state index contributed by atoms with van der Waals surface area (Å²) in [5.41, 5.74) is -3.26. The number of ether oxygens (including phenoxy) is 1. The second-order valence-electron chi connectivity index (χ2n) is 4.75. The number of aliphatic carboxylic acids is 1. The van der Waals surface area contributed by atoms with Crippen molar-refractivity contribution in [2.45, 2.75) is 11.8 Å². The Kier molecular flexibility index (Phi) is 4.68. The minimum atomic E-state index is -4.63. The van der Waals surface area contributed by atoms with E-state index in [4.69, 9.17) is 16.3 Å². The minimum Gasteiger partial charge on any atom is -0.479 e. The largest absolute Gasteiger partial charge is 0.479 e. The normalized spacial score (nSPS) is 14.3. The number of alkyl halides is 3. The van der Waals surface area contributed by atoms with Gasteiger partial charge in [0.05, 0.1) is 5.56 Å². The van der Waals surface area contributed by atoms with Crippen molar-refractivity contribution in [2.75, 3.05) is 7.11 Å². The summed E-state index contributed by atoms with van der Waals surface area (Å²) < 4.78 is 44.1. The fraction of sp³-hybridized carbons (Fsp3) is 0.188. The summed E-state index contributed by atoms with van der Waals surface area (Å²) in [7, 11) is 1.11. The molecule has 0 heterocycles. The molecule has 1 unspecified atom stereocenters. The van der Waals surface area contributed by atoms with Crippen LogP contribution in [0.2, 0.25) is 5.02 Å². The van der Waals surface area contributed by atoms with Gasteiger partial charge in [-0.15, -0.1) is 0 Å². The van der Waals surface area contributed by atoms with Crippen molar-refractivity contribution >= 4 is 17.6 Å². The van der Waals surface area contributed by atoms with Crippen molar-refractivity contribution in [2.24, 2.45) is 0 Å². The molecule has 0 aliphatic heterocycles. The van der Waals surface area contributed by atoms with Gasteiger partial charge in [-0.3, -0.25) is 0 Å². The van der Waals surface area contributed by atoms with Crippen LogP contribution in [0.5, 0.6) is 0 Å². The Bertz CT molecular complexity index is 716. The molecule has 2 aromatic carbocycles. The summed E-state index contributed by atoms with van der Waals surface area (Å²) in [5, 5.41) is 9.55. The Labute approximate surface area is 135 Å². The minimum absolute atomic E-state index is 0.133. The zero-order chi connectivity index (χ0) is 17.3. The molecular formula is C16H12ClF3O3. The van der Waals surface area contributed by atoms with Crippen LogP contribution in [0.3, 0.4) is 0 Å². The Morgan fingerprint density at radius 3 is 2.17 bits per heavy atom. The summed E-state index contributed by atoms with van der Waals surface area (Å²) in [6, 6.07) is 10.2. The van der Waals surface area contributed by atoms with Crippen LogP contribution in [0.1, 0.15) is 16.7 Å². The molecule has 7 heteroatoms. The first-order valence-corrected chi connectivity index (χ1v) is 6.82. The smallest absolute Gasteiger partial charge is 0.416 e. The molecule has 0 spiro atoms. The lowest BCUT2D eigenvalue weighted by Crippen LogP contribution is -2.39. The van der Waals surface area contributed by atoms with Crippen LogP contribution in [0.4, 0.5) is 13.2 Å². The van der Waals surface area contributed by atoms with Crippen LogP contribution in [-0.4, -0.2) is 18.2 Å². The third-order valence-corrected chi connectivity index (χ3v) is 3.79. The van der Waals surface area contributed by atoms with Gasteiger partial charge in [0.15, 0.2) is 0 Å². The lowest BCUT2D eigenvalue weighted by molar-refractivity contribution is -0.158. The molecule has 122 valence electrons. The SMILES string of the molecule is COC(C(=O)O)(c1ccccc1)c1cc(C(F)(F)F)ccc1Cl. The monoisotopic (exact) mass is 344 g/mol. The number of carboxylic acid groups (broad SMARTS) is 1. The fourth-order valence-electron chi connectivity index (χ4n) is 2.35. The molecule has 1 atom stereocenters. The zero-order valence-corrected chi connectivity index (χ0v) is 12.7. The van der Waals surface area contributed by atoms with Crippen molar-refractivity contribution in [1.29, 1.82) is 0 Å². The molecule has 0 amide bonds. The van der Waals surface area contributed by atoms with Crippen LogP contribution in [-0.2, 0) is 21.3 Å². The van der Waals surface area contributed by atoms with E-state index in [1.165, 1.54) is 12.1 Å². The molecule has 0 aromatic heterocycles. The highest BCUT2D eigenvalue weighted by Gasteiger charge is 2.45. The third-order valence-electron chi connectivity index (χ3n) is 3.46. The first-order chi connectivity index (χ1) is 10.7. The van der Waals surface area contributed by atoms with Gasteiger partial charge < -0.3 is 9.84 Å². The molecule has 1 N–H and O–H groups in total. The van der Waals surface area contributed by atoms with E-state index in [-0.39, 0.29) is 16.1 Å². The maximum Gasteiger partial charge on any atom is 0.416 e. The Morgan fingerprint density at radius 2 is 1.70 bits per heavy atom. The molecule has 0 saturated carbocycles. The lowest BCUT2D eigenvalue weighted by Gasteiger charge is -2.30. The Morgan fingerprint density at radius 1 is 1.09 bits per heavy atom. The Hall–Kier alpha value is -2.05. The van der Waals surface area contributed by atoms with E-state index < -0.39 is 23.3 Å². The van der Waals surface area contributed by atoms with E-state index >= 15 is 0 Å². The number of hydrogen-bond donors (Lipinski definition) is 1. The number of halogens is 4. The zero-order valence-electron chi connectivity index (χ0n) is 11.9. The average Bonchev–Trinajstić information content (AvgIpc) is 2.50. The van der Waals surface area contributed by atoms with Gasteiger partial charge in [-0.05, 0) is 23.8 Å². The van der Waals surface area contributed by atoms with Crippen LogP contribution in [0.15, 0.2) is 48.5 Å². The van der Waals surface area contributed by atoms with E-state index in [1.807, 2.05) is 0 Å². The topological polar surface area (TPSA) is 46.5 Å².